The van der Waals surface area contributed by atoms with Crippen LogP contribution in [0.2, 0.25) is 10.0 Å². The van der Waals surface area contributed by atoms with Crippen LogP contribution in [0.15, 0.2) is 41.3 Å². The number of benzene rings is 2. The van der Waals surface area contributed by atoms with Gasteiger partial charge in [0.25, 0.3) is 0 Å². The van der Waals surface area contributed by atoms with Crippen LogP contribution in [0, 0.1) is 6.92 Å². The van der Waals surface area contributed by atoms with Crippen molar-refractivity contribution in [3.63, 3.8) is 0 Å². The molecule has 0 radical (unpaired) electrons. The summed E-state index contributed by atoms with van der Waals surface area (Å²) in [7, 11) is -3.29. The molecule has 0 aliphatic heterocycles. The molecule has 20 heavy (non-hydrogen) atoms. The Kier molecular flexibility index (Phi) is 4.28. The van der Waals surface area contributed by atoms with Crippen molar-refractivity contribution >= 4 is 33.0 Å². The Bertz CT molecular complexity index is 755. The minimum Gasteiger partial charge on any atom is -0.455 e. The molecule has 0 aromatic heterocycles. The van der Waals surface area contributed by atoms with E-state index < -0.39 is 9.84 Å². The molecule has 6 heteroatoms. The second-order valence-corrected chi connectivity index (χ2v) is 7.24. The fourth-order valence-electron chi connectivity index (χ4n) is 1.60. The van der Waals surface area contributed by atoms with Crippen LogP contribution in [0.4, 0.5) is 0 Å². The molecule has 0 bridgehead atoms. The third-order valence-electron chi connectivity index (χ3n) is 2.70. The quantitative estimate of drug-likeness (QED) is 0.832. The van der Waals surface area contributed by atoms with E-state index in [1.165, 1.54) is 18.2 Å². The smallest absolute Gasteiger partial charge is 0.175 e. The van der Waals surface area contributed by atoms with Gasteiger partial charge in [-0.2, -0.15) is 0 Å². The maximum absolute atomic E-state index is 11.4. The first kappa shape index (κ1) is 15.2. The van der Waals surface area contributed by atoms with Gasteiger partial charge in [-0.3, -0.25) is 0 Å². The van der Waals surface area contributed by atoms with Gasteiger partial charge >= 0.3 is 0 Å². The van der Waals surface area contributed by atoms with E-state index in [1.54, 1.807) is 12.1 Å². The van der Waals surface area contributed by atoms with Crippen LogP contribution in [0.1, 0.15) is 5.56 Å². The fraction of sp³-hybridized carbons (Fsp3) is 0.143. The molecular formula is C14H12Cl2O3S. The summed E-state index contributed by atoms with van der Waals surface area (Å²) in [6, 6.07) is 9.62. The lowest BCUT2D eigenvalue weighted by Crippen LogP contribution is -1.97. The first-order chi connectivity index (χ1) is 9.27. The molecule has 0 aliphatic carbocycles. The van der Waals surface area contributed by atoms with Crippen molar-refractivity contribution in [3.05, 3.63) is 52.0 Å². The second kappa shape index (κ2) is 5.64. The van der Waals surface area contributed by atoms with Crippen LogP contribution in [-0.2, 0) is 9.84 Å². The summed E-state index contributed by atoms with van der Waals surface area (Å²) < 4.78 is 28.6. The molecule has 0 N–H and O–H groups in total. The number of halogens is 2. The number of rotatable bonds is 3. The molecule has 0 heterocycles. The van der Waals surface area contributed by atoms with Crippen molar-refractivity contribution in [2.45, 2.75) is 11.8 Å². The lowest BCUT2D eigenvalue weighted by atomic mass is 10.2. The zero-order valence-corrected chi connectivity index (χ0v) is 13.2. The van der Waals surface area contributed by atoms with Gasteiger partial charge in [0.2, 0.25) is 0 Å². The topological polar surface area (TPSA) is 43.4 Å². The van der Waals surface area contributed by atoms with Crippen molar-refractivity contribution in [1.82, 2.24) is 0 Å². The molecule has 0 saturated carbocycles. The van der Waals surface area contributed by atoms with E-state index in [0.29, 0.717) is 16.5 Å². The van der Waals surface area contributed by atoms with E-state index >= 15 is 0 Å². The average Bonchev–Trinajstić information content (AvgIpc) is 2.35. The molecule has 0 unspecified atom stereocenters. The van der Waals surface area contributed by atoms with E-state index in [2.05, 4.69) is 0 Å². The van der Waals surface area contributed by atoms with Crippen LogP contribution < -0.4 is 4.74 Å². The predicted octanol–water partition coefficient (Wildman–Crippen LogP) is 4.50. The number of hydrogen-bond acceptors (Lipinski definition) is 3. The van der Waals surface area contributed by atoms with Crippen LogP contribution in [0.3, 0.4) is 0 Å². The maximum Gasteiger partial charge on any atom is 0.175 e. The molecule has 0 atom stereocenters. The van der Waals surface area contributed by atoms with Crippen LogP contribution >= 0.6 is 23.2 Å². The number of sulfone groups is 1. The molecule has 3 nitrogen and oxygen atoms in total. The minimum absolute atomic E-state index is 0.151. The highest BCUT2D eigenvalue weighted by Crippen LogP contribution is 2.33. The largest absolute Gasteiger partial charge is 0.455 e. The van der Waals surface area contributed by atoms with E-state index in [1.807, 2.05) is 13.0 Å². The number of ether oxygens (including phenoxy) is 1. The highest BCUT2D eigenvalue weighted by Gasteiger charge is 2.12. The minimum atomic E-state index is -3.29. The lowest BCUT2D eigenvalue weighted by Gasteiger charge is -2.11. The van der Waals surface area contributed by atoms with Crippen molar-refractivity contribution in [1.29, 1.82) is 0 Å². The Morgan fingerprint density at radius 2 is 1.70 bits per heavy atom. The van der Waals surface area contributed by atoms with Gasteiger partial charge in [0.1, 0.15) is 11.5 Å². The standard InChI is InChI=1S/C14H12Cl2O3S/c1-9-3-4-10(15)7-14(9)19-13-6-5-11(8-12(13)16)20(2,17)18/h3-8H,1-2H3. The monoisotopic (exact) mass is 330 g/mol. The Hall–Kier alpha value is -1.23. The molecule has 2 aromatic carbocycles. The van der Waals surface area contributed by atoms with Gasteiger partial charge in [-0.25, -0.2) is 8.42 Å². The van der Waals surface area contributed by atoms with Gasteiger partial charge in [0, 0.05) is 11.3 Å². The molecule has 2 aromatic rings. The zero-order valence-electron chi connectivity index (χ0n) is 10.9. The van der Waals surface area contributed by atoms with Crippen molar-refractivity contribution in [2.75, 3.05) is 6.26 Å². The Balaban J connectivity index is 2.38. The molecule has 2 rings (SSSR count). The van der Waals surface area contributed by atoms with Gasteiger partial charge in [-0.15, -0.1) is 0 Å². The summed E-state index contributed by atoms with van der Waals surface area (Å²) in [6.07, 6.45) is 1.13. The third kappa shape index (κ3) is 3.45. The molecular weight excluding hydrogens is 319 g/mol. The number of aryl methyl sites for hydroxylation is 1. The van der Waals surface area contributed by atoms with E-state index in [-0.39, 0.29) is 9.92 Å². The Morgan fingerprint density at radius 3 is 2.30 bits per heavy atom. The summed E-state index contributed by atoms with van der Waals surface area (Å²) in [5, 5.41) is 0.779. The maximum atomic E-state index is 11.4. The van der Waals surface area contributed by atoms with Gasteiger partial charge in [-0.1, -0.05) is 29.3 Å². The summed E-state index contributed by atoms with van der Waals surface area (Å²) in [4.78, 5) is 0.151. The molecule has 0 amide bonds. The van der Waals surface area contributed by atoms with Crippen molar-refractivity contribution in [2.24, 2.45) is 0 Å². The van der Waals surface area contributed by atoms with Gasteiger partial charge in [-0.05, 0) is 42.8 Å². The average molecular weight is 331 g/mol. The van der Waals surface area contributed by atoms with Crippen molar-refractivity contribution < 1.29 is 13.2 Å². The summed E-state index contributed by atoms with van der Waals surface area (Å²) in [5.41, 5.74) is 0.901. The normalized spacial score (nSPS) is 11.4. The van der Waals surface area contributed by atoms with E-state index in [0.717, 1.165) is 11.8 Å². The molecule has 0 spiro atoms. The first-order valence-corrected chi connectivity index (χ1v) is 8.36. The highest BCUT2D eigenvalue weighted by molar-refractivity contribution is 7.90. The molecule has 0 aliphatic rings. The van der Waals surface area contributed by atoms with Gasteiger partial charge in [0.05, 0.1) is 9.92 Å². The first-order valence-electron chi connectivity index (χ1n) is 5.71. The highest BCUT2D eigenvalue weighted by atomic mass is 35.5. The van der Waals surface area contributed by atoms with E-state index in [9.17, 15) is 8.42 Å². The van der Waals surface area contributed by atoms with Crippen LogP contribution in [0.5, 0.6) is 11.5 Å². The Labute approximate surface area is 128 Å². The number of hydrogen-bond donors (Lipinski definition) is 0. The summed E-state index contributed by atoms with van der Waals surface area (Å²) >= 11 is 12.0. The molecule has 0 fully saturated rings. The lowest BCUT2D eigenvalue weighted by molar-refractivity contribution is 0.478. The van der Waals surface area contributed by atoms with Gasteiger partial charge < -0.3 is 4.74 Å². The molecule has 0 saturated heterocycles. The van der Waals surface area contributed by atoms with Crippen LogP contribution in [-0.4, -0.2) is 14.7 Å². The SMILES string of the molecule is Cc1ccc(Cl)cc1Oc1ccc(S(C)(=O)=O)cc1Cl. The second-order valence-electron chi connectivity index (χ2n) is 4.38. The predicted molar refractivity (Wildman–Crippen MR) is 80.8 cm³/mol. The zero-order chi connectivity index (χ0) is 14.9. The third-order valence-corrected chi connectivity index (χ3v) is 4.34. The molecule has 106 valence electrons. The van der Waals surface area contributed by atoms with E-state index in [4.69, 9.17) is 27.9 Å². The van der Waals surface area contributed by atoms with Crippen LogP contribution in [0.25, 0.3) is 0 Å². The summed E-state index contributed by atoms with van der Waals surface area (Å²) in [6.45, 7) is 1.88. The summed E-state index contributed by atoms with van der Waals surface area (Å²) in [5.74, 6) is 0.955. The Morgan fingerprint density at radius 1 is 1.00 bits per heavy atom. The van der Waals surface area contributed by atoms with Crippen molar-refractivity contribution in [3.8, 4) is 11.5 Å². The van der Waals surface area contributed by atoms with Gasteiger partial charge in [0.15, 0.2) is 9.84 Å². The fourth-order valence-corrected chi connectivity index (χ4v) is 2.69.